The Morgan fingerprint density at radius 3 is 2.33 bits per heavy atom. The topological polar surface area (TPSA) is 56.7 Å². The van der Waals surface area contributed by atoms with Crippen LogP contribution >= 0.6 is 11.3 Å². The summed E-state index contributed by atoms with van der Waals surface area (Å²) in [5, 5.41) is 5.93. The normalized spacial score (nSPS) is 11.6. The molecule has 10 aromatic rings. The minimum atomic E-state index is -1.23. The molecule has 0 spiro atoms. The molecule has 255 valence electrons. The van der Waals surface area contributed by atoms with E-state index in [1.54, 1.807) is 6.20 Å². The molecule has 5 aromatic carbocycles. The van der Waals surface area contributed by atoms with E-state index in [1.807, 2.05) is 72.1 Å². The number of para-hydroxylation sites is 2. The van der Waals surface area contributed by atoms with Gasteiger partial charge in [-0.2, -0.15) is 0 Å². The summed E-state index contributed by atoms with van der Waals surface area (Å²) >= 11 is 1.81. The first-order chi connectivity index (χ1) is 24.9. The molecule has 1 radical (unpaired) electrons. The Morgan fingerprint density at radius 1 is 0.692 bits per heavy atom. The van der Waals surface area contributed by atoms with Crippen LogP contribution in [0.4, 0.5) is 0 Å². The van der Waals surface area contributed by atoms with Crippen LogP contribution in [0.2, 0.25) is 19.6 Å². The smallest absolute Gasteiger partial charge is 0.216 e. The number of furan rings is 1. The fraction of sp³-hybridized carbons (Fsp3) is 0.0682. The van der Waals surface area contributed by atoms with Gasteiger partial charge in [0, 0.05) is 53.4 Å². The van der Waals surface area contributed by atoms with E-state index in [0.717, 1.165) is 55.7 Å². The number of hydrogen-bond acceptors (Lipinski definition) is 5. The minimum Gasteiger partial charge on any atom is -0.486 e. The summed E-state index contributed by atoms with van der Waals surface area (Å²) in [7, 11) is -1.23. The molecule has 5 aromatic heterocycles. The molecule has 0 aliphatic carbocycles. The van der Waals surface area contributed by atoms with E-state index in [9.17, 15) is 0 Å². The molecule has 0 fully saturated rings. The number of imidazole rings is 1. The van der Waals surface area contributed by atoms with E-state index in [4.69, 9.17) is 9.40 Å². The van der Waals surface area contributed by atoms with Gasteiger partial charge in [0.25, 0.3) is 0 Å². The van der Waals surface area contributed by atoms with Crippen molar-refractivity contribution in [3.63, 3.8) is 0 Å². The Kier molecular flexibility index (Phi) is 8.93. The molecule has 0 saturated carbocycles. The van der Waals surface area contributed by atoms with Gasteiger partial charge in [-0.1, -0.05) is 85.2 Å². The van der Waals surface area contributed by atoms with Crippen LogP contribution in [-0.2, 0) is 20.1 Å². The molecule has 0 bridgehead atoms. The third-order valence-electron chi connectivity index (χ3n) is 9.23. The van der Waals surface area contributed by atoms with Gasteiger partial charge in [0.2, 0.25) is 5.71 Å². The summed E-state index contributed by atoms with van der Waals surface area (Å²) in [6, 6.07) is 50.2. The SMILES string of the molecule is C[Si](C)(C)c1ccc(-c2[c-]cccc2)nc1.[Ir].[c-]1ccc2c(oc3ncccc32)c1-c1nc2ccccc2n1-c1cccc2c1sc1ccccc12. The molecule has 0 unspecified atom stereocenters. The maximum atomic E-state index is 6.27. The fourth-order valence-corrected chi connectivity index (χ4v) is 8.88. The standard InChI is InChI=1S/C30H16N3OS.C14H16NSi.Ir/c1-4-16-26-18(8-1)20-10-6-15-25(28(20)35-26)33-24-14-3-2-13-23(24)32-29(33)22-11-5-9-19-21-12-7-17-31-30(21)34-27(19)22;1-16(2,3)13-9-10-14(15-11-13)12-7-5-4-6-8-12;/h1-10,12-17H;4-7,9-11H,1-3H3;/q2*-1;. The van der Waals surface area contributed by atoms with Crippen molar-refractivity contribution in [2.75, 3.05) is 0 Å². The second-order valence-electron chi connectivity index (χ2n) is 13.5. The third-order valence-corrected chi connectivity index (χ3v) is 12.5. The molecule has 5 nitrogen and oxygen atoms in total. The Hall–Kier alpha value is -5.24. The van der Waals surface area contributed by atoms with Gasteiger partial charge in [0.05, 0.1) is 40.9 Å². The number of hydrogen-bond donors (Lipinski definition) is 0. The summed E-state index contributed by atoms with van der Waals surface area (Å²) in [5.41, 5.74) is 7.35. The minimum absolute atomic E-state index is 0. The molecular formula is C44H32IrN4OSSi-2. The molecule has 0 aliphatic heterocycles. The van der Waals surface area contributed by atoms with Crippen molar-refractivity contribution in [2.24, 2.45) is 0 Å². The van der Waals surface area contributed by atoms with Crippen molar-refractivity contribution in [3.8, 4) is 28.3 Å². The first kappa shape index (κ1) is 33.9. The molecule has 10 rings (SSSR count). The van der Waals surface area contributed by atoms with Gasteiger partial charge in [-0.15, -0.1) is 65.4 Å². The van der Waals surface area contributed by atoms with Crippen molar-refractivity contribution in [2.45, 2.75) is 19.6 Å². The summed E-state index contributed by atoms with van der Waals surface area (Å²) in [4.78, 5) is 14.1. The molecule has 8 heteroatoms. The summed E-state index contributed by atoms with van der Waals surface area (Å²) in [6.45, 7) is 7.00. The molecular weight excluding hydrogens is 853 g/mol. The number of nitrogens with zero attached hydrogens (tertiary/aromatic N) is 4. The second-order valence-corrected chi connectivity index (χ2v) is 19.7. The van der Waals surface area contributed by atoms with E-state index < -0.39 is 8.07 Å². The van der Waals surface area contributed by atoms with Crippen LogP contribution in [0, 0.1) is 12.1 Å². The number of rotatable bonds is 4. The van der Waals surface area contributed by atoms with Crippen molar-refractivity contribution in [1.29, 1.82) is 0 Å². The zero-order valence-electron chi connectivity index (χ0n) is 28.7. The zero-order valence-corrected chi connectivity index (χ0v) is 32.9. The Balaban J connectivity index is 0.000000193. The van der Waals surface area contributed by atoms with Crippen LogP contribution < -0.4 is 5.19 Å². The maximum Gasteiger partial charge on any atom is 0.216 e. The van der Waals surface area contributed by atoms with E-state index in [2.05, 4.69) is 119 Å². The quantitative estimate of drug-likeness (QED) is 0.131. The van der Waals surface area contributed by atoms with E-state index >= 15 is 0 Å². The average Bonchev–Trinajstić information content (AvgIpc) is 3.87. The largest absolute Gasteiger partial charge is 0.486 e. The third kappa shape index (κ3) is 5.97. The molecule has 0 amide bonds. The van der Waals surface area contributed by atoms with Gasteiger partial charge in [0.1, 0.15) is 0 Å². The predicted molar refractivity (Wildman–Crippen MR) is 215 cm³/mol. The first-order valence-corrected chi connectivity index (χ1v) is 21.3. The van der Waals surface area contributed by atoms with Gasteiger partial charge in [0.15, 0.2) is 0 Å². The summed E-state index contributed by atoms with van der Waals surface area (Å²) in [6.07, 6.45) is 3.77. The van der Waals surface area contributed by atoms with E-state index in [0.29, 0.717) is 5.71 Å². The van der Waals surface area contributed by atoms with Gasteiger partial charge in [-0.05, 0) is 47.3 Å². The number of benzene rings is 5. The number of aromatic nitrogens is 4. The van der Waals surface area contributed by atoms with Crippen LogP contribution in [0.3, 0.4) is 0 Å². The Bertz CT molecular complexity index is 2850. The molecule has 0 N–H and O–H groups in total. The maximum absolute atomic E-state index is 6.27. The zero-order chi connectivity index (χ0) is 34.5. The van der Waals surface area contributed by atoms with Crippen LogP contribution in [0.1, 0.15) is 0 Å². The van der Waals surface area contributed by atoms with Crippen LogP contribution in [-0.4, -0.2) is 27.6 Å². The summed E-state index contributed by atoms with van der Waals surface area (Å²) in [5.74, 6) is 0.806. The monoisotopic (exact) mass is 885 g/mol. The molecule has 0 aliphatic rings. The van der Waals surface area contributed by atoms with Crippen molar-refractivity contribution in [3.05, 3.63) is 152 Å². The number of thiophene rings is 1. The Labute approximate surface area is 320 Å². The summed E-state index contributed by atoms with van der Waals surface area (Å²) < 4.78 is 11.0. The fourth-order valence-electron chi connectivity index (χ4n) is 6.64. The van der Waals surface area contributed by atoms with Crippen LogP contribution in [0.5, 0.6) is 0 Å². The molecule has 5 heterocycles. The number of fused-ring (bicyclic) bond motifs is 7. The molecule has 52 heavy (non-hydrogen) atoms. The van der Waals surface area contributed by atoms with Crippen LogP contribution in [0.15, 0.2) is 144 Å². The van der Waals surface area contributed by atoms with E-state index in [1.165, 1.54) is 25.4 Å². The van der Waals surface area contributed by atoms with Gasteiger partial charge >= 0.3 is 0 Å². The first-order valence-electron chi connectivity index (χ1n) is 16.9. The van der Waals surface area contributed by atoms with Gasteiger partial charge < -0.3 is 14.0 Å². The van der Waals surface area contributed by atoms with Crippen molar-refractivity contribution >= 4 is 77.9 Å². The van der Waals surface area contributed by atoms with Crippen molar-refractivity contribution in [1.82, 2.24) is 19.5 Å². The van der Waals surface area contributed by atoms with Gasteiger partial charge in [-0.3, -0.25) is 4.98 Å². The van der Waals surface area contributed by atoms with Gasteiger partial charge in [-0.25, -0.2) is 4.98 Å². The number of pyridine rings is 2. The second kappa shape index (κ2) is 13.7. The molecule has 0 saturated heterocycles. The Morgan fingerprint density at radius 2 is 1.50 bits per heavy atom. The van der Waals surface area contributed by atoms with Crippen LogP contribution in [0.25, 0.3) is 81.6 Å². The average molecular weight is 885 g/mol. The molecule has 0 atom stereocenters. The van der Waals surface area contributed by atoms with Crippen molar-refractivity contribution < 1.29 is 24.5 Å². The predicted octanol–water partition coefficient (Wildman–Crippen LogP) is 11.2. The van der Waals surface area contributed by atoms with E-state index in [-0.39, 0.29) is 20.1 Å².